The SMILES string of the molecule is Cc1ccccc1S(=O)(=O)Nc1ccc(C)c2c1CC=C2C#N. The fraction of sp³-hybridized carbons (Fsp3) is 0.167. The van der Waals surface area contributed by atoms with Gasteiger partial charge in [0.25, 0.3) is 10.0 Å². The van der Waals surface area contributed by atoms with Crippen molar-refractivity contribution in [1.82, 2.24) is 0 Å². The largest absolute Gasteiger partial charge is 0.279 e. The molecule has 0 aromatic heterocycles. The van der Waals surface area contributed by atoms with Gasteiger partial charge >= 0.3 is 0 Å². The highest BCUT2D eigenvalue weighted by molar-refractivity contribution is 7.92. The van der Waals surface area contributed by atoms with Crippen LogP contribution in [0.2, 0.25) is 0 Å². The Morgan fingerprint density at radius 1 is 1.09 bits per heavy atom. The summed E-state index contributed by atoms with van der Waals surface area (Å²) in [6, 6.07) is 12.6. The lowest BCUT2D eigenvalue weighted by molar-refractivity contribution is 0.600. The van der Waals surface area contributed by atoms with Gasteiger partial charge in [-0.1, -0.05) is 30.3 Å². The molecule has 23 heavy (non-hydrogen) atoms. The molecule has 116 valence electrons. The second-order valence-electron chi connectivity index (χ2n) is 5.59. The van der Waals surface area contributed by atoms with E-state index in [0.717, 1.165) is 16.7 Å². The lowest BCUT2D eigenvalue weighted by Crippen LogP contribution is -2.15. The van der Waals surface area contributed by atoms with Gasteiger partial charge in [-0.2, -0.15) is 5.26 Å². The second kappa shape index (κ2) is 5.56. The zero-order valence-corrected chi connectivity index (χ0v) is 13.7. The minimum absolute atomic E-state index is 0.265. The molecule has 0 heterocycles. The van der Waals surface area contributed by atoms with Gasteiger partial charge in [-0.25, -0.2) is 8.42 Å². The fourth-order valence-electron chi connectivity index (χ4n) is 2.91. The molecule has 1 aliphatic rings. The van der Waals surface area contributed by atoms with Gasteiger partial charge in [0.1, 0.15) is 0 Å². The summed E-state index contributed by atoms with van der Waals surface area (Å²) in [5.74, 6) is 0. The van der Waals surface area contributed by atoms with Gasteiger partial charge in [-0.05, 0) is 49.1 Å². The maximum Gasteiger partial charge on any atom is 0.262 e. The molecule has 0 spiro atoms. The first kappa shape index (κ1) is 15.3. The highest BCUT2D eigenvalue weighted by Gasteiger charge is 2.23. The van der Waals surface area contributed by atoms with Crippen molar-refractivity contribution in [1.29, 1.82) is 5.26 Å². The number of rotatable bonds is 3. The first-order valence-electron chi connectivity index (χ1n) is 7.25. The first-order chi connectivity index (χ1) is 10.9. The molecule has 0 saturated heterocycles. The summed E-state index contributed by atoms with van der Waals surface area (Å²) in [6.07, 6.45) is 2.40. The molecule has 5 heteroatoms. The van der Waals surface area contributed by atoms with Gasteiger partial charge in [0.2, 0.25) is 0 Å². The molecule has 0 atom stereocenters. The fourth-order valence-corrected chi connectivity index (χ4v) is 4.25. The number of fused-ring (bicyclic) bond motifs is 1. The highest BCUT2D eigenvalue weighted by atomic mass is 32.2. The van der Waals surface area contributed by atoms with Crippen LogP contribution in [-0.4, -0.2) is 8.42 Å². The molecule has 0 aliphatic heterocycles. The van der Waals surface area contributed by atoms with Gasteiger partial charge < -0.3 is 0 Å². The molecule has 0 saturated carbocycles. The van der Waals surface area contributed by atoms with Crippen LogP contribution in [0.4, 0.5) is 5.69 Å². The van der Waals surface area contributed by atoms with Crippen LogP contribution in [-0.2, 0) is 16.4 Å². The topological polar surface area (TPSA) is 70.0 Å². The lowest BCUT2D eigenvalue weighted by Gasteiger charge is -2.15. The first-order valence-corrected chi connectivity index (χ1v) is 8.74. The maximum atomic E-state index is 12.7. The lowest BCUT2D eigenvalue weighted by atomic mass is 9.99. The van der Waals surface area contributed by atoms with Crippen molar-refractivity contribution in [3.8, 4) is 6.07 Å². The number of aryl methyl sites for hydroxylation is 2. The Morgan fingerprint density at radius 2 is 1.83 bits per heavy atom. The van der Waals surface area contributed by atoms with E-state index in [9.17, 15) is 13.7 Å². The summed E-state index contributed by atoms with van der Waals surface area (Å²) >= 11 is 0. The van der Waals surface area contributed by atoms with Crippen LogP contribution in [0.3, 0.4) is 0 Å². The number of sulfonamides is 1. The summed E-state index contributed by atoms with van der Waals surface area (Å²) < 4.78 is 28.0. The van der Waals surface area contributed by atoms with Crippen molar-refractivity contribution in [2.75, 3.05) is 4.72 Å². The predicted molar refractivity (Wildman–Crippen MR) is 90.5 cm³/mol. The molecular weight excluding hydrogens is 308 g/mol. The molecule has 2 aromatic rings. The number of nitrogens with zero attached hydrogens (tertiary/aromatic N) is 1. The molecule has 0 unspecified atom stereocenters. The van der Waals surface area contributed by atoms with Crippen LogP contribution in [0.1, 0.15) is 22.3 Å². The molecule has 3 rings (SSSR count). The standard InChI is InChI=1S/C18H16N2O2S/c1-12-5-3-4-6-17(12)23(21,22)20-16-10-7-13(2)18-14(11-19)8-9-15(16)18/h3-8,10,20H,9H2,1-2H3. The predicted octanol–water partition coefficient (Wildman–Crippen LogP) is 3.57. The van der Waals surface area contributed by atoms with Gasteiger partial charge in [-0.3, -0.25) is 4.72 Å². The smallest absolute Gasteiger partial charge is 0.262 e. The van der Waals surface area contributed by atoms with Crippen molar-refractivity contribution in [2.45, 2.75) is 25.2 Å². The van der Waals surface area contributed by atoms with Gasteiger partial charge in [0, 0.05) is 5.56 Å². The number of benzene rings is 2. The summed E-state index contributed by atoms with van der Waals surface area (Å²) in [5.41, 5.74) is 4.52. The average Bonchev–Trinajstić information content (AvgIpc) is 2.95. The monoisotopic (exact) mass is 324 g/mol. The number of hydrogen-bond donors (Lipinski definition) is 1. The highest BCUT2D eigenvalue weighted by Crippen LogP contribution is 2.36. The Hall–Kier alpha value is -2.58. The Kier molecular flexibility index (Phi) is 3.70. The van der Waals surface area contributed by atoms with E-state index in [0.29, 0.717) is 23.2 Å². The average molecular weight is 324 g/mol. The Labute approximate surface area is 136 Å². The summed E-state index contributed by atoms with van der Waals surface area (Å²) in [5, 5.41) is 9.22. The van der Waals surface area contributed by atoms with Crippen LogP contribution in [0.5, 0.6) is 0 Å². The molecule has 2 aromatic carbocycles. The summed E-state index contributed by atoms with van der Waals surface area (Å²) in [7, 11) is -3.66. The number of nitriles is 1. The van der Waals surface area contributed by atoms with Gasteiger partial charge in [0.15, 0.2) is 0 Å². The Bertz CT molecular complexity index is 967. The van der Waals surface area contributed by atoms with E-state index in [1.807, 2.05) is 19.1 Å². The molecule has 4 nitrogen and oxygen atoms in total. The normalized spacial score (nSPS) is 13.2. The number of anilines is 1. The van der Waals surface area contributed by atoms with Crippen molar-refractivity contribution in [2.24, 2.45) is 0 Å². The molecule has 0 radical (unpaired) electrons. The molecule has 0 fully saturated rings. The second-order valence-corrected chi connectivity index (χ2v) is 7.24. The number of allylic oxidation sites excluding steroid dienone is 2. The molecule has 1 N–H and O–H groups in total. The van der Waals surface area contributed by atoms with Crippen LogP contribution in [0.25, 0.3) is 5.57 Å². The minimum atomic E-state index is -3.66. The van der Waals surface area contributed by atoms with E-state index < -0.39 is 10.0 Å². The van der Waals surface area contributed by atoms with E-state index in [-0.39, 0.29) is 4.90 Å². The third-order valence-electron chi connectivity index (χ3n) is 4.05. The number of hydrogen-bond acceptors (Lipinski definition) is 3. The molecule has 0 bridgehead atoms. The van der Waals surface area contributed by atoms with Gasteiger partial charge in [-0.15, -0.1) is 0 Å². The van der Waals surface area contributed by atoms with E-state index >= 15 is 0 Å². The third kappa shape index (κ3) is 2.62. The summed E-state index contributed by atoms with van der Waals surface area (Å²) in [6.45, 7) is 3.69. The molecular formula is C18H16N2O2S. The van der Waals surface area contributed by atoms with Gasteiger partial charge in [0.05, 0.1) is 22.2 Å². The quantitative estimate of drug-likeness (QED) is 0.938. The van der Waals surface area contributed by atoms with Crippen LogP contribution >= 0.6 is 0 Å². The van der Waals surface area contributed by atoms with Crippen molar-refractivity contribution < 1.29 is 8.42 Å². The van der Waals surface area contributed by atoms with Crippen molar-refractivity contribution in [3.05, 3.63) is 64.7 Å². The van der Waals surface area contributed by atoms with E-state index in [1.165, 1.54) is 0 Å². The van der Waals surface area contributed by atoms with E-state index in [2.05, 4.69) is 10.8 Å². The summed E-state index contributed by atoms with van der Waals surface area (Å²) in [4.78, 5) is 0.265. The molecule has 0 amide bonds. The van der Waals surface area contributed by atoms with Crippen LogP contribution in [0.15, 0.2) is 47.4 Å². The zero-order valence-electron chi connectivity index (χ0n) is 12.9. The van der Waals surface area contributed by atoms with E-state index in [4.69, 9.17) is 0 Å². The van der Waals surface area contributed by atoms with Crippen LogP contribution in [0, 0.1) is 25.2 Å². The molecule has 1 aliphatic carbocycles. The zero-order chi connectivity index (χ0) is 16.6. The maximum absolute atomic E-state index is 12.7. The third-order valence-corrected chi connectivity index (χ3v) is 5.57. The van der Waals surface area contributed by atoms with Crippen LogP contribution < -0.4 is 4.72 Å². The Morgan fingerprint density at radius 3 is 2.52 bits per heavy atom. The Balaban J connectivity index is 2.05. The van der Waals surface area contributed by atoms with Crippen molar-refractivity contribution >= 4 is 21.3 Å². The van der Waals surface area contributed by atoms with E-state index in [1.54, 1.807) is 37.3 Å². The van der Waals surface area contributed by atoms with Crippen molar-refractivity contribution in [3.63, 3.8) is 0 Å². The number of nitrogens with one attached hydrogen (secondary N) is 1. The minimum Gasteiger partial charge on any atom is -0.279 e.